The number of hydrogen-bond acceptors (Lipinski definition) is 6. The Balaban J connectivity index is 1.54. The van der Waals surface area contributed by atoms with Crippen molar-refractivity contribution in [2.45, 2.75) is 6.61 Å². The van der Waals surface area contributed by atoms with E-state index in [1.807, 2.05) is 36.4 Å². The Morgan fingerprint density at radius 3 is 2.74 bits per heavy atom. The van der Waals surface area contributed by atoms with Crippen LogP contribution in [0.4, 0.5) is 0 Å². The van der Waals surface area contributed by atoms with E-state index in [9.17, 15) is 0 Å². The molecule has 4 aromatic rings. The van der Waals surface area contributed by atoms with Crippen molar-refractivity contribution < 1.29 is 13.9 Å². The highest BCUT2D eigenvalue weighted by atomic mass is 16.5. The summed E-state index contributed by atoms with van der Waals surface area (Å²) in [7, 11) is 1.60. The van der Waals surface area contributed by atoms with Gasteiger partial charge in [-0.15, -0.1) is 0 Å². The zero-order valence-corrected chi connectivity index (χ0v) is 14.5. The molecule has 0 aliphatic carbocycles. The summed E-state index contributed by atoms with van der Waals surface area (Å²) in [6.07, 6.45) is 1.65. The summed E-state index contributed by atoms with van der Waals surface area (Å²) in [5.74, 6) is 1.84. The molecule has 0 saturated carbocycles. The molecule has 2 aromatic heterocycles. The first-order valence-electron chi connectivity index (χ1n) is 8.28. The van der Waals surface area contributed by atoms with Gasteiger partial charge in [0.05, 0.1) is 30.6 Å². The summed E-state index contributed by atoms with van der Waals surface area (Å²) in [5, 5.41) is 9.04. The van der Waals surface area contributed by atoms with E-state index in [0.29, 0.717) is 40.7 Å². The molecule has 0 aliphatic rings. The minimum absolute atomic E-state index is 0.338. The van der Waals surface area contributed by atoms with Gasteiger partial charge in [0.25, 0.3) is 0 Å². The molecule has 4 rings (SSSR count). The number of rotatable bonds is 5. The largest absolute Gasteiger partial charge is 0.495 e. The lowest BCUT2D eigenvalue weighted by molar-refractivity contribution is 0.301. The minimum atomic E-state index is 0.338. The lowest BCUT2D eigenvalue weighted by Crippen LogP contribution is -1.98. The summed E-state index contributed by atoms with van der Waals surface area (Å²) < 4.78 is 16.7. The summed E-state index contributed by atoms with van der Waals surface area (Å²) in [4.78, 5) is 8.78. The molecule has 2 aromatic carbocycles. The van der Waals surface area contributed by atoms with E-state index in [1.54, 1.807) is 31.5 Å². The Hall–Kier alpha value is -3.85. The van der Waals surface area contributed by atoms with Gasteiger partial charge >= 0.3 is 0 Å². The topological polar surface area (TPSA) is 81.2 Å². The Labute approximate surface area is 155 Å². The molecule has 0 bridgehead atoms. The van der Waals surface area contributed by atoms with Crippen molar-refractivity contribution >= 4 is 11.1 Å². The molecule has 0 atom stereocenters. The van der Waals surface area contributed by atoms with Gasteiger partial charge in [-0.25, -0.2) is 4.98 Å². The van der Waals surface area contributed by atoms with Gasteiger partial charge in [-0.3, -0.25) is 4.98 Å². The van der Waals surface area contributed by atoms with Gasteiger partial charge < -0.3 is 13.9 Å². The number of benzene rings is 2. The third kappa shape index (κ3) is 3.58. The highest BCUT2D eigenvalue weighted by Crippen LogP contribution is 2.27. The van der Waals surface area contributed by atoms with Gasteiger partial charge in [0.1, 0.15) is 23.6 Å². The normalized spacial score (nSPS) is 10.5. The second-order valence-corrected chi connectivity index (χ2v) is 5.82. The molecule has 0 fully saturated rings. The Morgan fingerprint density at radius 1 is 1.07 bits per heavy atom. The number of aromatic nitrogens is 2. The minimum Gasteiger partial charge on any atom is -0.495 e. The predicted octanol–water partition coefficient (Wildman–Crippen LogP) is 4.35. The highest BCUT2D eigenvalue weighted by Gasteiger charge is 2.10. The molecule has 6 nitrogen and oxygen atoms in total. The number of nitrogens with zero attached hydrogens (tertiary/aromatic N) is 3. The van der Waals surface area contributed by atoms with Gasteiger partial charge in [-0.2, -0.15) is 5.26 Å². The van der Waals surface area contributed by atoms with Crippen LogP contribution in [0.25, 0.3) is 22.6 Å². The second-order valence-electron chi connectivity index (χ2n) is 5.82. The molecule has 2 heterocycles. The zero-order valence-electron chi connectivity index (χ0n) is 14.5. The standard InChI is InChI=1S/C21H15N3O3/c1-25-18-6-5-16(23-12-18)13-26-17-7-8-20-19(10-17)24-21(27-20)15-4-2-3-14(9-15)11-22/h2-10,12H,13H2,1H3. The van der Waals surface area contributed by atoms with E-state index in [1.165, 1.54) is 0 Å². The van der Waals surface area contributed by atoms with Crippen molar-refractivity contribution in [2.24, 2.45) is 0 Å². The van der Waals surface area contributed by atoms with Crippen LogP contribution in [0.3, 0.4) is 0 Å². The molecular weight excluding hydrogens is 342 g/mol. The Morgan fingerprint density at radius 2 is 1.96 bits per heavy atom. The lowest BCUT2D eigenvalue weighted by atomic mass is 10.1. The van der Waals surface area contributed by atoms with Crippen LogP contribution in [0.1, 0.15) is 11.3 Å². The van der Waals surface area contributed by atoms with E-state index in [2.05, 4.69) is 16.0 Å². The quantitative estimate of drug-likeness (QED) is 0.528. The van der Waals surface area contributed by atoms with Crippen LogP contribution in [-0.4, -0.2) is 17.1 Å². The molecular formula is C21H15N3O3. The fraction of sp³-hybridized carbons (Fsp3) is 0.0952. The number of fused-ring (bicyclic) bond motifs is 1. The number of hydrogen-bond donors (Lipinski definition) is 0. The van der Waals surface area contributed by atoms with Gasteiger partial charge in [0, 0.05) is 11.6 Å². The van der Waals surface area contributed by atoms with Crippen LogP contribution >= 0.6 is 0 Å². The molecule has 0 spiro atoms. The summed E-state index contributed by atoms with van der Waals surface area (Å²) in [6.45, 7) is 0.338. The van der Waals surface area contributed by atoms with E-state index >= 15 is 0 Å². The first kappa shape index (κ1) is 16.6. The maximum atomic E-state index is 9.04. The monoisotopic (exact) mass is 357 g/mol. The zero-order chi connectivity index (χ0) is 18.6. The van der Waals surface area contributed by atoms with Crippen LogP contribution in [-0.2, 0) is 6.61 Å². The fourth-order valence-electron chi connectivity index (χ4n) is 2.62. The van der Waals surface area contributed by atoms with Crippen molar-refractivity contribution in [1.29, 1.82) is 5.26 Å². The van der Waals surface area contributed by atoms with Crippen LogP contribution in [0, 0.1) is 11.3 Å². The second kappa shape index (κ2) is 7.18. The van der Waals surface area contributed by atoms with E-state index in [-0.39, 0.29) is 0 Å². The maximum absolute atomic E-state index is 9.04. The smallest absolute Gasteiger partial charge is 0.227 e. The van der Waals surface area contributed by atoms with Crippen LogP contribution in [0.5, 0.6) is 11.5 Å². The average Bonchev–Trinajstić information content (AvgIpc) is 3.16. The molecule has 0 N–H and O–H groups in total. The third-order valence-corrected chi connectivity index (χ3v) is 4.02. The number of pyridine rings is 1. The van der Waals surface area contributed by atoms with Crippen molar-refractivity contribution in [3.63, 3.8) is 0 Å². The number of ether oxygens (including phenoxy) is 2. The van der Waals surface area contributed by atoms with E-state index in [0.717, 1.165) is 11.3 Å². The molecule has 0 amide bonds. The predicted molar refractivity (Wildman–Crippen MR) is 99.3 cm³/mol. The van der Waals surface area contributed by atoms with Gasteiger partial charge in [0.15, 0.2) is 5.58 Å². The molecule has 0 saturated heterocycles. The van der Waals surface area contributed by atoms with Crippen LogP contribution in [0.15, 0.2) is 65.2 Å². The lowest BCUT2D eigenvalue weighted by Gasteiger charge is -2.06. The first-order valence-corrected chi connectivity index (χ1v) is 8.28. The average molecular weight is 357 g/mol. The SMILES string of the molecule is COc1ccc(COc2ccc3oc(-c4cccc(C#N)c4)nc3c2)nc1. The molecule has 0 unspecified atom stereocenters. The number of methoxy groups -OCH3 is 1. The Kier molecular flexibility index (Phi) is 4.42. The van der Waals surface area contributed by atoms with Crippen molar-refractivity contribution in [1.82, 2.24) is 9.97 Å². The molecule has 0 radical (unpaired) electrons. The molecule has 0 aliphatic heterocycles. The van der Waals surface area contributed by atoms with Gasteiger partial charge in [-0.05, 0) is 42.5 Å². The maximum Gasteiger partial charge on any atom is 0.227 e. The number of oxazole rings is 1. The number of nitriles is 1. The van der Waals surface area contributed by atoms with Crippen molar-refractivity contribution in [3.05, 3.63) is 72.1 Å². The first-order chi connectivity index (χ1) is 13.2. The van der Waals surface area contributed by atoms with E-state index < -0.39 is 0 Å². The van der Waals surface area contributed by atoms with Gasteiger partial charge in [-0.1, -0.05) is 6.07 Å². The molecule has 6 heteroatoms. The van der Waals surface area contributed by atoms with Gasteiger partial charge in [0.2, 0.25) is 5.89 Å². The van der Waals surface area contributed by atoms with Crippen LogP contribution < -0.4 is 9.47 Å². The summed E-state index contributed by atoms with van der Waals surface area (Å²) >= 11 is 0. The molecule has 132 valence electrons. The molecule has 27 heavy (non-hydrogen) atoms. The highest BCUT2D eigenvalue weighted by molar-refractivity contribution is 5.77. The van der Waals surface area contributed by atoms with Crippen LogP contribution in [0.2, 0.25) is 0 Å². The van der Waals surface area contributed by atoms with E-state index in [4.69, 9.17) is 19.2 Å². The van der Waals surface area contributed by atoms with Crippen molar-refractivity contribution in [2.75, 3.05) is 7.11 Å². The summed E-state index contributed by atoms with van der Waals surface area (Å²) in [5.41, 5.74) is 3.46. The third-order valence-electron chi connectivity index (χ3n) is 4.02. The Bertz CT molecular complexity index is 1130. The summed E-state index contributed by atoms with van der Waals surface area (Å²) in [6, 6.07) is 18.4. The van der Waals surface area contributed by atoms with Crippen molar-refractivity contribution in [3.8, 4) is 29.0 Å². The fourth-order valence-corrected chi connectivity index (χ4v) is 2.62.